The Balaban J connectivity index is 0.000000240. The molecule has 6 heteroatoms. The van der Waals surface area contributed by atoms with Crippen molar-refractivity contribution < 1.29 is 30.6 Å². The van der Waals surface area contributed by atoms with E-state index in [0.717, 1.165) is 0 Å². The Kier molecular flexibility index (Phi) is 7.66. The molecule has 0 heterocycles. The first-order valence-corrected chi connectivity index (χ1v) is 9.01. The molecule has 12 unspecified atom stereocenters. The molecule has 2 aliphatic carbocycles. The quantitative estimate of drug-likeness (QED) is 0.366. The smallest absolute Gasteiger partial charge is 0.109 e. The molecule has 144 valence electrons. The Bertz CT molecular complexity index is 239. The molecule has 0 aromatic rings. The topological polar surface area (TPSA) is 121 Å². The Morgan fingerprint density at radius 3 is 0.708 bits per heavy atom. The Morgan fingerprint density at radius 1 is 0.292 bits per heavy atom. The molecule has 6 nitrogen and oxygen atoms in total. The summed E-state index contributed by atoms with van der Waals surface area (Å²) in [4.78, 5) is 0. The van der Waals surface area contributed by atoms with Gasteiger partial charge in [-0.1, -0.05) is 41.5 Å². The van der Waals surface area contributed by atoms with E-state index in [2.05, 4.69) is 13.8 Å². The van der Waals surface area contributed by atoms with Gasteiger partial charge in [0.2, 0.25) is 0 Å². The second kappa shape index (κ2) is 8.43. The predicted molar refractivity (Wildman–Crippen MR) is 91.0 cm³/mol. The van der Waals surface area contributed by atoms with E-state index < -0.39 is 36.6 Å². The minimum Gasteiger partial charge on any atom is -0.390 e. The fraction of sp³-hybridized carbons (Fsp3) is 1.00. The van der Waals surface area contributed by atoms with Crippen molar-refractivity contribution in [2.45, 2.75) is 78.2 Å². The number of hydrogen-bond acceptors (Lipinski definition) is 6. The van der Waals surface area contributed by atoms with Gasteiger partial charge in [0, 0.05) is 0 Å². The van der Waals surface area contributed by atoms with Crippen LogP contribution in [0.4, 0.5) is 0 Å². The molecule has 0 aromatic heterocycles. The average Bonchev–Trinajstić information content (AvgIpc) is 2.58. The third-order valence-electron chi connectivity index (χ3n) is 6.87. The lowest BCUT2D eigenvalue weighted by molar-refractivity contribution is -0.176. The van der Waals surface area contributed by atoms with E-state index in [9.17, 15) is 30.6 Å². The molecule has 0 spiro atoms. The van der Waals surface area contributed by atoms with Crippen LogP contribution in [0.15, 0.2) is 0 Å². The SMILES string of the molecule is CC1C(C)C(C)C(O)C(O)C1C.CC1C(C)C(O)C(O)C(O)C1O. The van der Waals surface area contributed by atoms with Gasteiger partial charge in [-0.25, -0.2) is 0 Å². The Labute approximate surface area is 145 Å². The third-order valence-corrected chi connectivity index (χ3v) is 6.87. The standard InChI is InChI=1S/C10H20O2.C8H16O4/c1-5-6(2)8(4)10(12)9(11)7(5)3;1-3-4(2)6(10)8(12)7(11)5(3)9/h5-12H,1-4H3;3-12H,1-2H3. The van der Waals surface area contributed by atoms with Crippen LogP contribution in [0.25, 0.3) is 0 Å². The van der Waals surface area contributed by atoms with E-state index >= 15 is 0 Å². The summed E-state index contributed by atoms with van der Waals surface area (Å²) in [6, 6.07) is 0. The number of aliphatic hydroxyl groups is 6. The van der Waals surface area contributed by atoms with E-state index in [1.54, 1.807) is 13.8 Å². The summed E-state index contributed by atoms with van der Waals surface area (Å²) in [7, 11) is 0. The van der Waals surface area contributed by atoms with Crippen LogP contribution in [0.5, 0.6) is 0 Å². The van der Waals surface area contributed by atoms with Gasteiger partial charge in [-0.15, -0.1) is 0 Å². The van der Waals surface area contributed by atoms with Crippen LogP contribution in [0.2, 0.25) is 0 Å². The van der Waals surface area contributed by atoms with Crippen LogP contribution in [-0.2, 0) is 0 Å². The Hall–Kier alpha value is -0.240. The lowest BCUT2D eigenvalue weighted by atomic mass is 9.66. The van der Waals surface area contributed by atoms with Gasteiger partial charge in [-0.3, -0.25) is 0 Å². The summed E-state index contributed by atoms with van der Waals surface area (Å²) in [6.45, 7) is 11.8. The first kappa shape index (κ1) is 21.8. The largest absolute Gasteiger partial charge is 0.390 e. The highest BCUT2D eigenvalue weighted by Crippen LogP contribution is 2.38. The maximum absolute atomic E-state index is 9.65. The van der Waals surface area contributed by atoms with Gasteiger partial charge >= 0.3 is 0 Å². The van der Waals surface area contributed by atoms with Crippen LogP contribution in [-0.4, -0.2) is 67.3 Å². The average molecular weight is 348 g/mol. The van der Waals surface area contributed by atoms with Gasteiger partial charge < -0.3 is 30.6 Å². The first-order chi connectivity index (χ1) is 10.9. The molecular formula is C18H36O6. The normalized spacial score (nSPS) is 55.5. The van der Waals surface area contributed by atoms with Crippen LogP contribution >= 0.6 is 0 Å². The monoisotopic (exact) mass is 348 g/mol. The van der Waals surface area contributed by atoms with E-state index in [1.807, 2.05) is 13.8 Å². The zero-order valence-corrected chi connectivity index (χ0v) is 15.6. The number of hydrogen-bond donors (Lipinski definition) is 6. The lowest BCUT2D eigenvalue weighted by Gasteiger charge is -2.43. The minimum absolute atomic E-state index is 0.196. The molecule has 2 fully saturated rings. The second-order valence-corrected chi connectivity index (χ2v) is 8.10. The van der Waals surface area contributed by atoms with Crippen LogP contribution in [0.3, 0.4) is 0 Å². The van der Waals surface area contributed by atoms with E-state index in [4.69, 9.17) is 0 Å². The van der Waals surface area contributed by atoms with E-state index in [0.29, 0.717) is 11.8 Å². The van der Waals surface area contributed by atoms with Crippen molar-refractivity contribution in [1.29, 1.82) is 0 Å². The highest BCUT2D eigenvalue weighted by atomic mass is 16.4. The molecule has 0 radical (unpaired) electrons. The molecule has 6 N–H and O–H groups in total. The molecule has 0 aromatic carbocycles. The van der Waals surface area contributed by atoms with Crippen molar-refractivity contribution >= 4 is 0 Å². The van der Waals surface area contributed by atoms with Crippen molar-refractivity contribution in [2.24, 2.45) is 35.5 Å². The highest BCUT2D eigenvalue weighted by molar-refractivity contribution is 4.94. The molecule has 12 atom stereocenters. The van der Waals surface area contributed by atoms with Gasteiger partial charge in [0.15, 0.2) is 0 Å². The summed E-state index contributed by atoms with van der Waals surface area (Å²) in [6.07, 6.45) is -5.42. The van der Waals surface area contributed by atoms with Gasteiger partial charge in [-0.05, 0) is 35.5 Å². The summed E-state index contributed by atoms with van der Waals surface area (Å²) in [5.74, 6) is 1.03. The summed E-state index contributed by atoms with van der Waals surface area (Å²) >= 11 is 0. The fourth-order valence-electron chi connectivity index (χ4n) is 3.85. The summed E-state index contributed by atoms with van der Waals surface area (Å²) in [5, 5.41) is 56.6. The minimum atomic E-state index is -1.23. The first-order valence-electron chi connectivity index (χ1n) is 9.01. The van der Waals surface area contributed by atoms with Gasteiger partial charge in [0.1, 0.15) is 12.2 Å². The molecule has 0 saturated heterocycles. The third kappa shape index (κ3) is 4.11. The molecular weight excluding hydrogens is 312 g/mol. The molecule has 2 saturated carbocycles. The van der Waals surface area contributed by atoms with Crippen molar-refractivity contribution in [3.8, 4) is 0 Å². The van der Waals surface area contributed by atoms with E-state index in [1.165, 1.54) is 0 Å². The van der Waals surface area contributed by atoms with Crippen molar-refractivity contribution in [1.82, 2.24) is 0 Å². The zero-order valence-electron chi connectivity index (χ0n) is 15.6. The molecule has 2 aliphatic rings. The Morgan fingerprint density at radius 2 is 0.458 bits per heavy atom. The van der Waals surface area contributed by atoms with Crippen LogP contribution in [0.1, 0.15) is 41.5 Å². The highest BCUT2D eigenvalue weighted by Gasteiger charge is 2.44. The van der Waals surface area contributed by atoms with Gasteiger partial charge in [-0.2, -0.15) is 0 Å². The second-order valence-electron chi connectivity index (χ2n) is 8.10. The maximum atomic E-state index is 9.65. The maximum Gasteiger partial charge on any atom is 0.109 e. The number of rotatable bonds is 0. The van der Waals surface area contributed by atoms with Crippen molar-refractivity contribution in [2.75, 3.05) is 0 Å². The van der Waals surface area contributed by atoms with Crippen LogP contribution < -0.4 is 0 Å². The molecule has 0 amide bonds. The molecule has 2 rings (SSSR count). The molecule has 24 heavy (non-hydrogen) atoms. The summed E-state index contributed by atoms with van der Waals surface area (Å²) < 4.78 is 0. The van der Waals surface area contributed by atoms with Gasteiger partial charge in [0.25, 0.3) is 0 Å². The lowest BCUT2D eigenvalue weighted by Crippen LogP contribution is -2.56. The molecule has 0 aliphatic heterocycles. The van der Waals surface area contributed by atoms with Crippen LogP contribution in [0, 0.1) is 35.5 Å². The molecule has 0 bridgehead atoms. The zero-order chi connectivity index (χ0) is 18.9. The fourth-order valence-corrected chi connectivity index (χ4v) is 3.85. The summed E-state index contributed by atoms with van der Waals surface area (Å²) in [5.41, 5.74) is 0. The van der Waals surface area contributed by atoms with Crippen molar-refractivity contribution in [3.63, 3.8) is 0 Å². The van der Waals surface area contributed by atoms with Gasteiger partial charge in [0.05, 0.1) is 24.4 Å². The predicted octanol–water partition coefficient (Wildman–Crippen LogP) is -0.0180. The number of aliphatic hydroxyl groups excluding tert-OH is 6. The van der Waals surface area contributed by atoms with E-state index in [-0.39, 0.29) is 23.7 Å². The van der Waals surface area contributed by atoms with Crippen molar-refractivity contribution in [3.05, 3.63) is 0 Å².